The van der Waals surface area contributed by atoms with Gasteiger partial charge in [0.1, 0.15) is 5.75 Å². The van der Waals surface area contributed by atoms with Crippen LogP contribution in [0.3, 0.4) is 0 Å². The molecule has 0 radical (unpaired) electrons. The average molecular weight is 368 g/mol. The van der Waals surface area contributed by atoms with Crippen LogP contribution in [0.2, 0.25) is 0 Å². The lowest BCUT2D eigenvalue weighted by molar-refractivity contribution is -0.130. The third-order valence-electron chi connectivity index (χ3n) is 4.14. The lowest BCUT2D eigenvalue weighted by atomic mass is 10.0. The van der Waals surface area contributed by atoms with E-state index >= 15 is 0 Å². The highest BCUT2D eigenvalue weighted by Crippen LogP contribution is 2.20. The van der Waals surface area contributed by atoms with E-state index in [2.05, 4.69) is 18.7 Å². The summed E-state index contributed by atoms with van der Waals surface area (Å²) in [6.07, 6.45) is 3.32. The number of carbonyl (C=O) groups is 2. The standard InChI is InChI=1S/C25H20O3/c1-18(2)25(27)28-23-15-13-22(14-16-23)24(26)17-10-19-8-11-21(12-9-19)20-6-4-3-5-7-20/h3-17H,1H2,2H3. The maximum atomic E-state index is 12.3. The number of hydrogen-bond donors (Lipinski definition) is 0. The van der Waals surface area contributed by atoms with Crippen LogP contribution in [0.4, 0.5) is 0 Å². The van der Waals surface area contributed by atoms with E-state index < -0.39 is 5.97 Å². The topological polar surface area (TPSA) is 43.4 Å². The molecule has 0 aromatic heterocycles. The number of benzene rings is 3. The van der Waals surface area contributed by atoms with Crippen LogP contribution in [0.15, 0.2) is 97.1 Å². The average Bonchev–Trinajstić information content (AvgIpc) is 2.73. The van der Waals surface area contributed by atoms with Gasteiger partial charge in [-0.3, -0.25) is 4.79 Å². The minimum Gasteiger partial charge on any atom is -0.423 e. The molecule has 0 fully saturated rings. The van der Waals surface area contributed by atoms with Gasteiger partial charge in [0.15, 0.2) is 5.78 Å². The predicted octanol–water partition coefficient (Wildman–Crippen LogP) is 5.73. The van der Waals surface area contributed by atoms with E-state index in [9.17, 15) is 9.59 Å². The van der Waals surface area contributed by atoms with Gasteiger partial charge < -0.3 is 4.74 Å². The van der Waals surface area contributed by atoms with Crippen LogP contribution in [0, 0.1) is 0 Å². The molecule has 28 heavy (non-hydrogen) atoms. The molecule has 0 N–H and O–H groups in total. The summed E-state index contributed by atoms with van der Waals surface area (Å²) < 4.78 is 5.12. The predicted molar refractivity (Wildman–Crippen MR) is 112 cm³/mol. The van der Waals surface area contributed by atoms with E-state index in [1.165, 1.54) is 6.08 Å². The van der Waals surface area contributed by atoms with Gasteiger partial charge in [-0.25, -0.2) is 4.79 Å². The van der Waals surface area contributed by atoms with Crippen molar-refractivity contribution in [1.29, 1.82) is 0 Å². The maximum Gasteiger partial charge on any atom is 0.338 e. The molecule has 3 aromatic carbocycles. The first kappa shape index (κ1) is 19.1. The normalized spacial score (nSPS) is 10.6. The Kier molecular flexibility index (Phi) is 5.97. The van der Waals surface area contributed by atoms with Gasteiger partial charge in [-0.2, -0.15) is 0 Å². The molecule has 0 saturated heterocycles. The number of carbonyl (C=O) groups excluding carboxylic acids is 2. The second kappa shape index (κ2) is 8.78. The van der Waals surface area contributed by atoms with Crippen LogP contribution in [-0.2, 0) is 4.79 Å². The van der Waals surface area contributed by atoms with Gasteiger partial charge in [-0.1, -0.05) is 67.3 Å². The fraction of sp³-hybridized carbons (Fsp3) is 0.0400. The summed E-state index contributed by atoms with van der Waals surface area (Å²) in [5.41, 5.74) is 4.07. The molecule has 3 nitrogen and oxygen atoms in total. The monoisotopic (exact) mass is 368 g/mol. The van der Waals surface area contributed by atoms with Gasteiger partial charge in [0.05, 0.1) is 0 Å². The molecule has 0 aliphatic carbocycles. The highest BCUT2D eigenvalue weighted by molar-refractivity contribution is 6.06. The summed E-state index contributed by atoms with van der Waals surface area (Å²) in [7, 11) is 0. The molecule has 0 amide bonds. The van der Waals surface area contributed by atoms with E-state index in [0.29, 0.717) is 16.9 Å². The third kappa shape index (κ3) is 4.92. The van der Waals surface area contributed by atoms with E-state index in [1.807, 2.05) is 42.5 Å². The van der Waals surface area contributed by atoms with Crippen molar-refractivity contribution < 1.29 is 14.3 Å². The minimum atomic E-state index is -0.488. The third-order valence-corrected chi connectivity index (χ3v) is 4.14. The highest BCUT2D eigenvalue weighted by atomic mass is 16.5. The summed E-state index contributed by atoms with van der Waals surface area (Å²) in [6, 6.07) is 24.6. The Morgan fingerprint density at radius 3 is 2.04 bits per heavy atom. The molecular weight excluding hydrogens is 348 g/mol. The number of ether oxygens (including phenoxy) is 1. The van der Waals surface area contributed by atoms with Crippen LogP contribution >= 0.6 is 0 Å². The van der Waals surface area contributed by atoms with Gasteiger partial charge in [-0.05, 0) is 54.0 Å². The number of ketones is 1. The summed E-state index contributed by atoms with van der Waals surface area (Å²) in [6.45, 7) is 5.12. The molecule has 0 heterocycles. The molecule has 3 heteroatoms. The largest absolute Gasteiger partial charge is 0.423 e. The second-order valence-corrected chi connectivity index (χ2v) is 6.38. The minimum absolute atomic E-state index is 0.120. The number of hydrogen-bond acceptors (Lipinski definition) is 3. The number of rotatable bonds is 6. The Labute approximate surface area is 164 Å². The van der Waals surface area contributed by atoms with Crippen LogP contribution < -0.4 is 4.74 Å². The van der Waals surface area contributed by atoms with Gasteiger partial charge in [0.25, 0.3) is 0 Å². The lowest BCUT2D eigenvalue weighted by Crippen LogP contribution is -2.08. The first-order valence-corrected chi connectivity index (χ1v) is 8.88. The fourth-order valence-corrected chi connectivity index (χ4v) is 2.57. The van der Waals surface area contributed by atoms with Crippen LogP contribution in [0.25, 0.3) is 17.2 Å². The zero-order chi connectivity index (χ0) is 19.9. The van der Waals surface area contributed by atoms with Gasteiger partial charge >= 0.3 is 5.97 Å². The second-order valence-electron chi connectivity index (χ2n) is 6.38. The van der Waals surface area contributed by atoms with Crippen LogP contribution in [-0.4, -0.2) is 11.8 Å². The molecule has 0 bridgehead atoms. The van der Waals surface area contributed by atoms with Crippen molar-refractivity contribution in [2.24, 2.45) is 0 Å². The molecule has 3 rings (SSSR count). The quantitative estimate of drug-likeness (QED) is 0.241. The Morgan fingerprint density at radius 2 is 1.43 bits per heavy atom. The lowest BCUT2D eigenvalue weighted by Gasteiger charge is -2.04. The van der Waals surface area contributed by atoms with Crippen molar-refractivity contribution in [1.82, 2.24) is 0 Å². The Hall–Kier alpha value is -3.72. The van der Waals surface area contributed by atoms with Crippen molar-refractivity contribution in [3.63, 3.8) is 0 Å². The van der Waals surface area contributed by atoms with Crippen molar-refractivity contribution in [3.8, 4) is 16.9 Å². The fourth-order valence-electron chi connectivity index (χ4n) is 2.57. The Morgan fingerprint density at radius 1 is 0.821 bits per heavy atom. The van der Waals surface area contributed by atoms with Crippen LogP contribution in [0.1, 0.15) is 22.8 Å². The molecule has 0 aliphatic heterocycles. The summed E-state index contributed by atoms with van der Waals surface area (Å²) >= 11 is 0. The molecule has 0 spiro atoms. The highest BCUT2D eigenvalue weighted by Gasteiger charge is 2.07. The zero-order valence-corrected chi connectivity index (χ0v) is 15.6. The van der Waals surface area contributed by atoms with Crippen molar-refractivity contribution >= 4 is 17.8 Å². The van der Waals surface area contributed by atoms with E-state index in [0.717, 1.165) is 16.7 Å². The molecule has 138 valence electrons. The molecule has 0 saturated carbocycles. The maximum absolute atomic E-state index is 12.3. The molecule has 0 unspecified atom stereocenters. The molecule has 0 aliphatic rings. The van der Waals surface area contributed by atoms with E-state index in [-0.39, 0.29) is 5.78 Å². The number of esters is 1. The van der Waals surface area contributed by atoms with Gasteiger partial charge in [-0.15, -0.1) is 0 Å². The Bertz CT molecular complexity index is 1010. The van der Waals surface area contributed by atoms with Crippen molar-refractivity contribution in [2.75, 3.05) is 0 Å². The van der Waals surface area contributed by atoms with E-state index in [1.54, 1.807) is 37.3 Å². The van der Waals surface area contributed by atoms with E-state index in [4.69, 9.17) is 4.74 Å². The van der Waals surface area contributed by atoms with Crippen LogP contribution in [0.5, 0.6) is 5.75 Å². The zero-order valence-electron chi connectivity index (χ0n) is 15.6. The molecular formula is C25H20O3. The number of allylic oxidation sites excluding steroid dienone is 1. The van der Waals surface area contributed by atoms with Crippen molar-refractivity contribution in [2.45, 2.75) is 6.92 Å². The molecule has 0 atom stereocenters. The van der Waals surface area contributed by atoms with Crippen molar-refractivity contribution in [3.05, 3.63) is 108 Å². The smallest absolute Gasteiger partial charge is 0.338 e. The van der Waals surface area contributed by atoms with Gasteiger partial charge in [0, 0.05) is 11.1 Å². The molecule has 3 aromatic rings. The summed E-state index contributed by atoms with van der Waals surface area (Å²) in [5, 5.41) is 0. The SMILES string of the molecule is C=C(C)C(=O)Oc1ccc(C(=O)C=Cc2ccc(-c3ccccc3)cc2)cc1. The first-order chi connectivity index (χ1) is 13.5. The first-order valence-electron chi connectivity index (χ1n) is 8.88. The Balaban J connectivity index is 1.65. The summed E-state index contributed by atoms with van der Waals surface area (Å²) in [5.74, 6) is -0.229. The van der Waals surface area contributed by atoms with Gasteiger partial charge in [0.2, 0.25) is 0 Å². The summed E-state index contributed by atoms with van der Waals surface area (Å²) in [4.78, 5) is 23.8.